The molecule has 9 heteroatoms. The molecule has 1 aromatic heterocycles. The number of aryl methyl sites for hydroxylation is 1. The summed E-state index contributed by atoms with van der Waals surface area (Å²) in [7, 11) is 1.75. The van der Waals surface area contributed by atoms with E-state index in [0.29, 0.717) is 17.5 Å². The van der Waals surface area contributed by atoms with E-state index in [1.54, 1.807) is 11.7 Å². The van der Waals surface area contributed by atoms with Crippen molar-refractivity contribution in [3.8, 4) is 0 Å². The van der Waals surface area contributed by atoms with E-state index in [0.717, 1.165) is 26.3 Å². The van der Waals surface area contributed by atoms with E-state index in [-0.39, 0.29) is 11.4 Å². The highest BCUT2D eigenvalue weighted by atomic mass is 32.2. The van der Waals surface area contributed by atoms with Crippen LogP contribution in [0.15, 0.2) is 5.16 Å². The smallest absolute Gasteiger partial charge is 0.230 e. The SMILES string of the molecule is Cn1nnnc1SCC(=O)NCC(C)(C)N1CCOCC1. The molecule has 118 valence electrons. The number of nitrogens with zero attached hydrogens (tertiary/aromatic N) is 5. The number of carbonyl (C=O) groups is 1. The number of tetrazole rings is 1. The van der Waals surface area contributed by atoms with Crippen molar-refractivity contribution in [1.82, 2.24) is 30.4 Å². The van der Waals surface area contributed by atoms with Crippen LogP contribution in [0.3, 0.4) is 0 Å². The summed E-state index contributed by atoms with van der Waals surface area (Å²) in [6, 6.07) is 0. The van der Waals surface area contributed by atoms with Crippen LogP contribution in [-0.2, 0) is 16.6 Å². The van der Waals surface area contributed by atoms with Gasteiger partial charge < -0.3 is 10.1 Å². The van der Waals surface area contributed by atoms with Crippen molar-refractivity contribution in [3.05, 3.63) is 0 Å². The number of hydrogen-bond acceptors (Lipinski definition) is 7. The predicted octanol–water partition coefficient (Wildman–Crippen LogP) is -0.471. The second kappa shape index (κ2) is 7.19. The number of amides is 1. The Hall–Kier alpha value is -1.19. The number of carbonyl (C=O) groups excluding carboxylic acids is 1. The van der Waals surface area contributed by atoms with Gasteiger partial charge >= 0.3 is 0 Å². The summed E-state index contributed by atoms with van der Waals surface area (Å²) in [6.45, 7) is 8.21. The van der Waals surface area contributed by atoms with Gasteiger partial charge in [-0.15, -0.1) is 5.10 Å². The first-order valence-corrected chi connectivity index (χ1v) is 7.92. The molecule has 0 aromatic carbocycles. The zero-order chi connectivity index (χ0) is 15.3. The number of hydrogen-bond donors (Lipinski definition) is 1. The summed E-state index contributed by atoms with van der Waals surface area (Å²) < 4.78 is 6.91. The lowest BCUT2D eigenvalue weighted by molar-refractivity contribution is -0.119. The molecule has 2 heterocycles. The molecule has 1 aliphatic rings. The third-order valence-electron chi connectivity index (χ3n) is 3.50. The van der Waals surface area contributed by atoms with Crippen molar-refractivity contribution < 1.29 is 9.53 Å². The maximum absolute atomic E-state index is 11.9. The van der Waals surface area contributed by atoms with Crippen LogP contribution in [0.4, 0.5) is 0 Å². The molecular weight excluding hydrogens is 292 g/mol. The van der Waals surface area contributed by atoms with Crippen molar-refractivity contribution in [2.75, 3.05) is 38.6 Å². The highest BCUT2D eigenvalue weighted by molar-refractivity contribution is 7.99. The highest BCUT2D eigenvalue weighted by Gasteiger charge is 2.28. The van der Waals surface area contributed by atoms with Crippen molar-refractivity contribution in [3.63, 3.8) is 0 Å². The first-order chi connectivity index (χ1) is 9.99. The van der Waals surface area contributed by atoms with Gasteiger partial charge in [-0.05, 0) is 24.3 Å². The summed E-state index contributed by atoms with van der Waals surface area (Å²) in [4.78, 5) is 14.3. The maximum atomic E-state index is 11.9. The molecule has 0 bridgehead atoms. The Kier molecular flexibility index (Phi) is 5.54. The molecule has 0 unspecified atom stereocenters. The Morgan fingerprint density at radius 2 is 2.14 bits per heavy atom. The van der Waals surface area contributed by atoms with Crippen molar-refractivity contribution in [1.29, 1.82) is 0 Å². The summed E-state index contributed by atoms with van der Waals surface area (Å²) >= 11 is 1.33. The van der Waals surface area contributed by atoms with Crippen LogP contribution < -0.4 is 5.32 Å². The van der Waals surface area contributed by atoms with Gasteiger partial charge in [0.2, 0.25) is 11.1 Å². The van der Waals surface area contributed by atoms with Gasteiger partial charge in [0.15, 0.2) is 0 Å². The molecule has 0 radical (unpaired) electrons. The highest BCUT2D eigenvalue weighted by Crippen LogP contribution is 2.16. The van der Waals surface area contributed by atoms with E-state index in [4.69, 9.17) is 4.74 Å². The van der Waals surface area contributed by atoms with Crippen molar-refractivity contribution in [2.45, 2.75) is 24.5 Å². The number of morpholine rings is 1. The van der Waals surface area contributed by atoms with Crippen LogP contribution in [0.1, 0.15) is 13.8 Å². The van der Waals surface area contributed by atoms with Crippen LogP contribution in [0.2, 0.25) is 0 Å². The van der Waals surface area contributed by atoms with Crippen LogP contribution in [0, 0.1) is 0 Å². The van der Waals surface area contributed by atoms with Gasteiger partial charge in [0, 0.05) is 32.2 Å². The summed E-state index contributed by atoms with van der Waals surface area (Å²) in [5.74, 6) is 0.303. The third kappa shape index (κ3) is 4.65. The van der Waals surface area contributed by atoms with Gasteiger partial charge in [-0.3, -0.25) is 9.69 Å². The minimum absolute atomic E-state index is 0.00988. The lowest BCUT2D eigenvalue weighted by Crippen LogP contribution is -2.55. The van der Waals surface area contributed by atoms with Gasteiger partial charge in [-0.25, -0.2) is 4.68 Å². The molecule has 0 saturated carbocycles. The first-order valence-electron chi connectivity index (χ1n) is 6.94. The van der Waals surface area contributed by atoms with E-state index < -0.39 is 0 Å². The Balaban J connectivity index is 1.73. The average molecular weight is 314 g/mol. The van der Waals surface area contributed by atoms with E-state index in [1.807, 2.05) is 0 Å². The van der Waals surface area contributed by atoms with E-state index >= 15 is 0 Å². The second-order valence-corrected chi connectivity index (χ2v) is 6.50. The molecule has 0 spiro atoms. The quantitative estimate of drug-likeness (QED) is 0.710. The van der Waals surface area contributed by atoms with Crippen LogP contribution in [0.25, 0.3) is 0 Å². The number of thioether (sulfide) groups is 1. The molecule has 1 fully saturated rings. The van der Waals surface area contributed by atoms with Gasteiger partial charge in [0.25, 0.3) is 0 Å². The van der Waals surface area contributed by atoms with Gasteiger partial charge in [-0.1, -0.05) is 11.8 Å². The predicted molar refractivity (Wildman–Crippen MR) is 79.0 cm³/mol. The summed E-state index contributed by atoms with van der Waals surface area (Å²) in [5.41, 5.74) is -0.0730. The fourth-order valence-corrected chi connectivity index (χ4v) is 2.80. The monoisotopic (exact) mass is 314 g/mol. The fourth-order valence-electron chi connectivity index (χ4n) is 2.12. The number of nitrogens with one attached hydrogen (secondary N) is 1. The Morgan fingerprint density at radius 1 is 1.43 bits per heavy atom. The number of rotatable bonds is 6. The third-order valence-corrected chi connectivity index (χ3v) is 4.51. The zero-order valence-corrected chi connectivity index (χ0v) is 13.5. The van der Waals surface area contributed by atoms with Crippen LogP contribution in [0.5, 0.6) is 0 Å². The summed E-state index contributed by atoms with van der Waals surface area (Å²) in [6.07, 6.45) is 0. The standard InChI is InChI=1S/C12H22N6O2S/c1-12(2,18-4-6-20-7-5-18)9-13-10(19)8-21-11-14-15-16-17(11)3/h4-9H2,1-3H3,(H,13,19). The average Bonchev–Trinajstić information content (AvgIpc) is 2.89. The fraction of sp³-hybridized carbons (Fsp3) is 0.833. The molecule has 21 heavy (non-hydrogen) atoms. The van der Waals surface area contributed by atoms with Gasteiger partial charge in [0.1, 0.15) is 0 Å². The minimum Gasteiger partial charge on any atom is -0.379 e. The van der Waals surface area contributed by atoms with E-state index in [1.165, 1.54) is 11.8 Å². The summed E-state index contributed by atoms with van der Waals surface area (Å²) in [5, 5.41) is 14.7. The lowest BCUT2D eigenvalue weighted by Gasteiger charge is -2.40. The number of ether oxygens (including phenoxy) is 1. The second-order valence-electron chi connectivity index (χ2n) is 5.56. The van der Waals surface area contributed by atoms with Gasteiger partial charge in [-0.2, -0.15) is 0 Å². The molecule has 8 nitrogen and oxygen atoms in total. The topological polar surface area (TPSA) is 85.2 Å². The maximum Gasteiger partial charge on any atom is 0.230 e. The molecule has 1 N–H and O–H groups in total. The first kappa shape index (κ1) is 16.2. The molecule has 1 amide bonds. The van der Waals surface area contributed by atoms with Crippen molar-refractivity contribution in [2.24, 2.45) is 7.05 Å². The minimum atomic E-state index is -0.0730. The van der Waals surface area contributed by atoms with Crippen molar-refractivity contribution >= 4 is 17.7 Å². The molecule has 1 saturated heterocycles. The molecule has 0 atom stereocenters. The van der Waals surface area contributed by atoms with Crippen LogP contribution >= 0.6 is 11.8 Å². The normalized spacial score (nSPS) is 16.9. The Bertz CT molecular complexity index is 472. The zero-order valence-electron chi connectivity index (χ0n) is 12.7. The molecule has 1 aliphatic heterocycles. The number of aromatic nitrogens is 4. The largest absolute Gasteiger partial charge is 0.379 e. The molecule has 0 aliphatic carbocycles. The van der Waals surface area contributed by atoms with E-state index in [2.05, 4.69) is 39.6 Å². The lowest BCUT2D eigenvalue weighted by atomic mass is 10.0. The molecule has 1 aromatic rings. The molecule has 2 rings (SSSR count). The Labute approximate surface area is 128 Å². The Morgan fingerprint density at radius 3 is 2.76 bits per heavy atom. The van der Waals surface area contributed by atoms with Gasteiger partial charge in [0.05, 0.1) is 19.0 Å². The molecular formula is C12H22N6O2S. The van der Waals surface area contributed by atoms with E-state index in [9.17, 15) is 4.79 Å². The van der Waals surface area contributed by atoms with Crippen LogP contribution in [-0.4, -0.2) is 75.2 Å².